The molecule has 1 unspecified atom stereocenters. The maximum atomic E-state index is 9.55. The van der Waals surface area contributed by atoms with Crippen molar-refractivity contribution in [2.24, 2.45) is 0 Å². The normalized spacial score (nSPS) is 20.5. The zero-order valence-electron chi connectivity index (χ0n) is 10.1. The zero-order valence-corrected chi connectivity index (χ0v) is 10.9. The summed E-state index contributed by atoms with van der Waals surface area (Å²) in [6, 6.07) is 10.1. The first-order valence-electron chi connectivity index (χ1n) is 6.09. The minimum Gasteiger partial charge on any atom is -0.282 e. The van der Waals surface area contributed by atoms with E-state index < -0.39 is 5.54 Å². The summed E-state index contributed by atoms with van der Waals surface area (Å²) in [7, 11) is 0. The molecule has 1 fully saturated rings. The molecule has 0 aliphatic carbocycles. The summed E-state index contributed by atoms with van der Waals surface area (Å²) in [5.41, 5.74) is 0.445. The van der Waals surface area contributed by atoms with Gasteiger partial charge in [-0.25, -0.2) is 0 Å². The van der Waals surface area contributed by atoms with Crippen molar-refractivity contribution in [1.82, 2.24) is 4.90 Å². The predicted molar refractivity (Wildman–Crippen MR) is 69.8 cm³/mol. The number of nitrogens with zero attached hydrogens (tertiary/aromatic N) is 2. The second-order valence-electron chi connectivity index (χ2n) is 4.74. The smallest absolute Gasteiger partial charge is 0.131 e. The summed E-state index contributed by atoms with van der Waals surface area (Å²) in [4.78, 5) is 2.27. The van der Waals surface area contributed by atoms with Crippen LogP contribution in [-0.2, 0) is 5.54 Å². The van der Waals surface area contributed by atoms with Crippen LogP contribution < -0.4 is 0 Å². The van der Waals surface area contributed by atoms with Crippen molar-refractivity contribution in [1.29, 1.82) is 5.26 Å². The molecule has 0 aromatic heterocycles. The minimum atomic E-state index is -0.550. The van der Waals surface area contributed by atoms with Gasteiger partial charge in [0.25, 0.3) is 0 Å². The molecule has 90 valence electrons. The van der Waals surface area contributed by atoms with Crippen molar-refractivity contribution in [3.05, 3.63) is 34.9 Å². The fourth-order valence-corrected chi connectivity index (χ4v) is 2.64. The van der Waals surface area contributed by atoms with Crippen LogP contribution in [0.3, 0.4) is 0 Å². The molecule has 0 saturated carbocycles. The van der Waals surface area contributed by atoms with Gasteiger partial charge < -0.3 is 0 Å². The maximum Gasteiger partial charge on any atom is 0.131 e. The number of likely N-dealkylation sites (tertiary alicyclic amines) is 1. The van der Waals surface area contributed by atoms with E-state index in [0.717, 1.165) is 18.7 Å². The van der Waals surface area contributed by atoms with Gasteiger partial charge in [0, 0.05) is 5.02 Å². The quantitative estimate of drug-likeness (QED) is 0.800. The molecular weight excluding hydrogens is 232 g/mol. The highest BCUT2D eigenvalue weighted by Gasteiger charge is 2.34. The van der Waals surface area contributed by atoms with Gasteiger partial charge in [-0.2, -0.15) is 5.26 Å². The lowest BCUT2D eigenvalue weighted by atomic mass is 9.89. The number of benzene rings is 1. The predicted octanol–water partition coefficient (Wildman–Crippen LogP) is 3.56. The number of piperidine rings is 1. The first-order valence-corrected chi connectivity index (χ1v) is 6.47. The Kier molecular flexibility index (Phi) is 3.71. The molecule has 1 heterocycles. The molecule has 1 aromatic rings. The van der Waals surface area contributed by atoms with Gasteiger partial charge in [-0.15, -0.1) is 0 Å². The fraction of sp³-hybridized carbons (Fsp3) is 0.500. The molecule has 0 amide bonds. The highest BCUT2D eigenvalue weighted by molar-refractivity contribution is 6.30. The number of halogens is 1. The van der Waals surface area contributed by atoms with Gasteiger partial charge in [-0.05, 0) is 50.6 Å². The van der Waals surface area contributed by atoms with Crippen molar-refractivity contribution in [2.75, 3.05) is 13.1 Å². The molecule has 17 heavy (non-hydrogen) atoms. The second-order valence-corrected chi connectivity index (χ2v) is 5.18. The van der Waals surface area contributed by atoms with Gasteiger partial charge in [-0.1, -0.05) is 30.2 Å². The molecule has 2 nitrogen and oxygen atoms in total. The van der Waals surface area contributed by atoms with E-state index in [1.165, 1.54) is 19.3 Å². The molecule has 1 aliphatic heterocycles. The van der Waals surface area contributed by atoms with Gasteiger partial charge in [0.1, 0.15) is 5.54 Å². The van der Waals surface area contributed by atoms with Crippen molar-refractivity contribution < 1.29 is 0 Å². The first kappa shape index (κ1) is 12.4. The summed E-state index contributed by atoms with van der Waals surface area (Å²) in [5, 5.41) is 10.2. The molecule has 0 radical (unpaired) electrons. The van der Waals surface area contributed by atoms with Crippen LogP contribution in [0.5, 0.6) is 0 Å². The third kappa shape index (κ3) is 2.46. The highest BCUT2D eigenvalue weighted by atomic mass is 35.5. The van der Waals surface area contributed by atoms with E-state index in [-0.39, 0.29) is 0 Å². The van der Waals surface area contributed by atoms with E-state index >= 15 is 0 Å². The Hall–Kier alpha value is -1.04. The summed E-state index contributed by atoms with van der Waals surface area (Å²) in [6.45, 7) is 3.98. The monoisotopic (exact) mass is 248 g/mol. The Bertz CT molecular complexity index is 432. The summed E-state index contributed by atoms with van der Waals surface area (Å²) >= 11 is 6.02. The minimum absolute atomic E-state index is 0.550. The Morgan fingerprint density at radius 3 is 2.59 bits per heavy atom. The molecule has 0 N–H and O–H groups in total. The van der Waals surface area contributed by atoms with Crippen LogP contribution in [0.2, 0.25) is 5.02 Å². The lowest BCUT2D eigenvalue weighted by molar-refractivity contribution is 0.123. The Balaban J connectivity index is 2.33. The first-order chi connectivity index (χ1) is 8.16. The largest absolute Gasteiger partial charge is 0.282 e. The van der Waals surface area contributed by atoms with Crippen LogP contribution >= 0.6 is 11.6 Å². The molecular formula is C14H17ClN2. The van der Waals surface area contributed by atoms with E-state index in [1.54, 1.807) is 0 Å². The van der Waals surface area contributed by atoms with Crippen LogP contribution in [0.1, 0.15) is 31.7 Å². The summed E-state index contributed by atoms with van der Waals surface area (Å²) in [5.74, 6) is 0. The third-order valence-corrected chi connectivity index (χ3v) is 3.83. The SMILES string of the molecule is CC(C#N)(c1cccc(Cl)c1)N1CCCCC1. The molecule has 1 aromatic carbocycles. The van der Waals surface area contributed by atoms with Gasteiger partial charge in [-0.3, -0.25) is 4.90 Å². The van der Waals surface area contributed by atoms with Crippen molar-refractivity contribution in [3.63, 3.8) is 0 Å². The molecule has 0 bridgehead atoms. The number of rotatable bonds is 2. The Morgan fingerprint density at radius 2 is 2.00 bits per heavy atom. The number of nitriles is 1. The summed E-state index contributed by atoms with van der Waals surface area (Å²) in [6.07, 6.45) is 3.63. The van der Waals surface area contributed by atoms with Crippen LogP contribution in [0.25, 0.3) is 0 Å². The van der Waals surface area contributed by atoms with Crippen LogP contribution in [-0.4, -0.2) is 18.0 Å². The maximum absolute atomic E-state index is 9.55. The van der Waals surface area contributed by atoms with Gasteiger partial charge in [0.05, 0.1) is 6.07 Å². The Labute approximate surface area is 108 Å². The molecule has 2 rings (SSSR count). The van der Waals surface area contributed by atoms with E-state index in [4.69, 9.17) is 11.6 Å². The lowest BCUT2D eigenvalue weighted by Crippen LogP contribution is -2.45. The molecule has 1 saturated heterocycles. The van der Waals surface area contributed by atoms with Gasteiger partial charge >= 0.3 is 0 Å². The number of hydrogen-bond donors (Lipinski definition) is 0. The Morgan fingerprint density at radius 1 is 1.29 bits per heavy atom. The van der Waals surface area contributed by atoms with Crippen molar-refractivity contribution in [3.8, 4) is 6.07 Å². The van der Waals surface area contributed by atoms with Crippen LogP contribution in [0, 0.1) is 11.3 Å². The molecule has 1 aliphatic rings. The van der Waals surface area contributed by atoms with E-state index in [9.17, 15) is 5.26 Å². The molecule has 3 heteroatoms. The zero-order chi connectivity index (χ0) is 12.3. The lowest BCUT2D eigenvalue weighted by Gasteiger charge is -2.38. The van der Waals surface area contributed by atoms with Crippen molar-refractivity contribution >= 4 is 11.6 Å². The van der Waals surface area contributed by atoms with Gasteiger partial charge in [0.2, 0.25) is 0 Å². The fourth-order valence-electron chi connectivity index (χ4n) is 2.45. The average molecular weight is 249 g/mol. The second kappa shape index (κ2) is 5.08. The standard InChI is InChI=1S/C14H17ClN2/c1-14(11-16,17-8-3-2-4-9-17)12-6-5-7-13(15)10-12/h5-7,10H,2-4,8-9H2,1H3. The topological polar surface area (TPSA) is 27.0 Å². The number of hydrogen-bond acceptors (Lipinski definition) is 2. The van der Waals surface area contributed by atoms with Crippen LogP contribution in [0.15, 0.2) is 24.3 Å². The summed E-state index contributed by atoms with van der Waals surface area (Å²) < 4.78 is 0. The van der Waals surface area contributed by atoms with E-state index in [2.05, 4.69) is 11.0 Å². The van der Waals surface area contributed by atoms with E-state index in [1.807, 2.05) is 31.2 Å². The highest BCUT2D eigenvalue weighted by Crippen LogP contribution is 2.31. The third-order valence-electron chi connectivity index (χ3n) is 3.59. The molecule has 1 atom stereocenters. The van der Waals surface area contributed by atoms with E-state index in [0.29, 0.717) is 5.02 Å². The van der Waals surface area contributed by atoms with Crippen LogP contribution in [0.4, 0.5) is 0 Å². The average Bonchev–Trinajstić information content (AvgIpc) is 2.39. The van der Waals surface area contributed by atoms with Gasteiger partial charge in [0.15, 0.2) is 0 Å². The van der Waals surface area contributed by atoms with Crippen molar-refractivity contribution in [2.45, 2.75) is 31.7 Å². The molecule has 0 spiro atoms.